The number of halogens is 1. The van der Waals surface area contributed by atoms with Crippen LogP contribution in [0.15, 0.2) is 15.9 Å². The molecule has 0 atom stereocenters. The van der Waals surface area contributed by atoms with Crippen LogP contribution in [0.2, 0.25) is 0 Å². The van der Waals surface area contributed by atoms with E-state index in [1.165, 1.54) is 0 Å². The van der Waals surface area contributed by atoms with Gasteiger partial charge in [0.2, 0.25) is 0 Å². The van der Waals surface area contributed by atoms with E-state index in [0.717, 1.165) is 9.47 Å². The average molecular weight is 292 g/mol. The van der Waals surface area contributed by atoms with Crippen molar-refractivity contribution < 1.29 is 9.90 Å². The molecule has 0 amide bonds. The van der Waals surface area contributed by atoms with Crippen molar-refractivity contribution >= 4 is 38.2 Å². The van der Waals surface area contributed by atoms with Gasteiger partial charge < -0.3 is 10.0 Å². The van der Waals surface area contributed by atoms with Crippen molar-refractivity contribution in [2.45, 2.75) is 25.8 Å². The molecule has 1 rings (SSSR count). The normalized spacial score (nSPS) is 11.5. The quantitative estimate of drug-likeness (QED) is 0.926. The van der Waals surface area contributed by atoms with Crippen LogP contribution in [0.3, 0.4) is 0 Å². The third kappa shape index (κ3) is 3.21. The van der Waals surface area contributed by atoms with Gasteiger partial charge in [-0.3, -0.25) is 4.79 Å². The summed E-state index contributed by atoms with van der Waals surface area (Å²) in [5.74, 6) is -0.775. The summed E-state index contributed by atoms with van der Waals surface area (Å²) in [6.45, 7) is 3.85. The van der Waals surface area contributed by atoms with E-state index >= 15 is 0 Å². The molecule has 0 fully saturated rings. The second-order valence-electron chi connectivity index (χ2n) is 4.05. The minimum absolute atomic E-state index is 0.124. The molecule has 0 aromatic carbocycles. The Balaban J connectivity index is 2.83. The number of rotatable bonds is 4. The maximum atomic E-state index is 10.7. The number of anilines is 1. The average Bonchev–Trinajstić information content (AvgIpc) is 2.48. The van der Waals surface area contributed by atoms with Crippen molar-refractivity contribution in [1.29, 1.82) is 0 Å². The second kappa shape index (κ2) is 4.53. The lowest BCUT2D eigenvalue weighted by Crippen LogP contribution is -2.42. The minimum Gasteiger partial charge on any atom is -0.481 e. The zero-order valence-corrected chi connectivity index (χ0v) is 11.4. The Bertz CT molecular complexity index is 362. The lowest BCUT2D eigenvalue weighted by atomic mass is 9.99. The molecule has 1 aromatic heterocycles. The van der Waals surface area contributed by atoms with Crippen LogP contribution >= 0.6 is 27.3 Å². The van der Waals surface area contributed by atoms with Gasteiger partial charge in [-0.15, -0.1) is 11.3 Å². The first-order valence-corrected chi connectivity index (χ1v) is 6.20. The Morgan fingerprint density at radius 1 is 1.67 bits per heavy atom. The maximum Gasteiger partial charge on any atom is 0.305 e. The summed E-state index contributed by atoms with van der Waals surface area (Å²) in [6.07, 6.45) is 0.124. The minimum atomic E-state index is -0.775. The molecule has 0 radical (unpaired) electrons. The summed E-state index contributed by atoms with van der Waals surface area (Å²) in [5, 5.41) is 11.9. The van der Waals surface area contributed by atoms with Crippen molar-refractivity contribution in [2.75, 3.05) is 11.9 Å². The van der Waals surface area contributed by atoms with E-state index in [1.807, 2.05) is 37.2 Å². The van der Waals surface area contributed by atoms with Crippen LogP contribution in [0.1, 0.15) is 20.3 Å². The summed E-state index contributed by atoms with van der Waals surface area (Å²) < 4.78 is 1.03. The first-order chi connectivity index (χ1) is 6.83. The number of thiophene rings is 1. The van der Waals surface area contributed by atoms with Gasteiger partial charge in [-0.1, -0.05) is 0 Å². The molecule has 0 unspecified atom stereocenters. The molecule has 0 spiro atoms. The van der Waals surface area contributed by atoms with E-state index < -0.39 is 5.97 Å². The van der Waals surface area contributed by atoms with Crippen molar-refractivity contribution in [3.63, 3.8) is 0 Å². The van der Waals surface area contributed by atoms with Crippen LogP contribution in [0.4, 0.5) is 5.00 Å². The van der Waals surface area contributed by atoms with Crippen LogP contribution in [0.25, 0.3) is 0 Å². The van der Waals surface area contributed by atoms with E-state index in [0.29, 0.717) is 0 Å². The fourth-order valence-corrected chi connectivity index (χ4v) is 2.82. The Kier molecular flexibility index (Phi) is 3.78. The van der Waals surface area contributed by atoms with E-state index in [2.05, 4.69) is 15.9 Å². The van der Waals surface area contributed by atoms with Gasteiger partial charge in [0.1, 0.15) is 0 Å². The first-order valence-electron chi connectivity index (χ1n) is 4.52. The molecule has 0 saturated carbocycles. The summed E-state index contributed by atoms with van der Waals surface area (Å²) >= 11 is 4.98. The summed E-state index contributed by atoms with van der Waals surface area (Å²) in [5.41, 5.74) is -0.379. The summed E-state index contributed by atoms with van der Waals surface area (Å²) in [6, 6.07) is 1.99. The number of hydrogen-bond donors (Lipinski definition) is 1. The van der Waals surface area contributed by atoms with Gasteiger partial charge in [0.15, 0.2) is 0 Å². The van der Waals surface area contributed by atoms with E-state index in [4.69, 9.17) is 5.11 Å². The number of carbonyl (C=O) groups is 1. The fourth-order valence-electron chi connectivity index (χ4n) is 1.27. The van der Waals surface area contributed by atoms with E-state index in [-0.39, 0.29) is 12.0 Å². The van der Waals surface area contributed by atoms with Gasteiger partial charge in [-0.05, 0) is 35.8 Å². The molecule has 84 valence electrons. The predicted octanol–water partition coefficient (Wildman–Crippen LogP) is 3.20. The molecular weight excluding hydrogens is 278 g/mol. The van der Waals surface area contributed by atoms with E-state index in [9.17, 15) is 4.79 Å². The second-order valence-corrected chi connectivity index (χ2v) is 5.85. The zero-order valence-electron chi connectivity index (χ0n) is 8.95. The number of nitrogens with zero attached hydrogens (tertiary/aromatic N) is 1. The van der Waals surface area contributed by atoms with Gasteiger partial charge in [0.25, 0.3) is 0 Å². The topological polar surface area (TPSA) is 40.5 Å². The highest BCUT2D eigenvalue weighted by atomic mass is 79.9. The molecule has 0 aliphatic heterocycles. The number of carboxylic acids is 1. The molecule has 0 aliphatic rings. The zero-order chi connectivity index (χ0) is 11.6. The van der Waals surface area contributed by atoms with Crippen molar-refractivity contribution in [3.8, 4) is 0 Å². The Morgan fingerprint density at radius 3 is 2.67 bits per heavy atom. The third-order valence-corrected chi connectivity index (χ3v) is 4.14. The Hall–Kier alpha value is -0.550. The van der Waals surface area contributed by atoms with Crippen molar-refractivity contribution in [2.24, 2.45) is 0 Å². The van der Waals surface area contributed by atoms with Gasteiger partial charge in [0.05, 0.1) is 11.4 Å². The molecular formula is C10H14BrNO2S. The molecule has 15 heavy (non-hydrogen) atoms. The Labute approximate surface area is 102 Å². The van der Waals surface area contributed by atoms with Crippen LogP contribution in [-0.4, -0.2) is 23.7 Å². The number of aliphatic carboxylic acids is 1. The van der Waals surface area contributed by atoms with Crippen molar-refractivity contribution in [3.05, 3.63) is 15.9 Å². The number of carboxylic acid groups (broad SMARTS) is 1. The van der Waals surface area contributed by atoms with Crippen LogP contribution in [0, 0.1) is 0 Å². The summed E-state index contributed by atoms with van der Waals surface area (Å²) in [4.78, 5) is 12.7. The molecule has 0 saturated heterocycles. The van der Waals surface area contributed by atoms with Gasteiger partial charge >= 0.3 is 5.97 Å². The number of hydrogen-bond acceptors (Lipinski definition) is 3. The highest BCUT2D eigenvalue weighted by Gasteiger charge is 2.27. The largest absolute Gasteiger partial charge is 0.481 e. The summed E-state index contributed by atoms with van der Waals surface area (Å²) in [7, 11) is 1.92. The standard InChI is InChI=1S/C10H14BrNO2S/c1-10(2,5-9(13)14)12(3)8-4-7(11)6-15-8/h4,6H,5H2,1-3H3,(H,13,14). The van der Waals surface area contributed by atoms with E-state index in [1.54, 1.807) is 11.3 Å². The molecule has 1 N–H and O–H groups in total. The smallest absolute Gasteiger partial charge is 0.305 e. The monoisotopic (exact) mass is 291 g/mol. The maximum absolute atomic E-state index is 10.7. The molecule has 1 aromatic rings. The van der Waals surface area contributed by atoms with Gasteiger partial charge in [0, 0.05) is 22.4 Å². The molecule has 1 heterocycles. The van der Waals surface area contributed by atoms with Gasteiger partial charge in [-0.2, -0.15) is 0 Å². The molecule has 3 nitrogen and oxygen atoms in total. The first kappa shape index (κ1) is 12.5. The lowest BCUT2D eigenvalue weighted by molar-refractivity contribution is -0.138. The van der Waals surface area contributed by atoms with Crippen LogP contribution in [0.5, 0.6) is 0 Å². The predicted molar refractivity (Wildman–Crippen MR) is 66.8 cm³/mol. The highest BCUT2D eigenvalue weighted by molar-refractivity contribution is 9.10. The Morgan fingerprint density at radius 2 is 2.27 bits per heavy atom. The molecule has 5 heteroatoms. The SMILES string of the molecule is CN(c1cc(Br)cs1)C(C)(C)CC(=O)O. The van der Waals surface area contributed by atoms with Crippen LogP contribution in [-0.2, 0) is 4.79 Å². The van der Waals surface area contributed by atoms with Gasteiger partial charge in [-0.25, -0.2) is 0 Å². The molecule has 0 aliphatic carbocycles. The van der Waals surface area contributed by atoms with Crippen molar-refractivity contribution in [1.82, 2.24) is 0 Å². The molecule has 0 bridgehead atoms. The van der Waals surface area contributed by atoms with Crippen LogP contribution < -0.4 is 4.90 Å². The lowest BCUT2D eigenvalue weighted by Gasteiger charge is -2.35. The fraction of sp³-hybridized carbons (Fsp3) is 0.500. The highest BCUT2D eigenvalue weighted by Crippen LogP contribution is 2.32. The third-order valence-electron chi connectivity index (χ3n) is 2.38.